The first-order valence-corrected chi connectivity index (χ1v) is 5.48. The number of hydrogen-bond donors (Lipinski definition) is 1. The van der Waals surface area contributed by atoms with E-state index in [1.807, 2.05) is 13.0 Å². The first kappa shape index (κ1) is 10.4. The Kier molecular flexibility index (Phi) is 3.16. The summed E-state index contributed by atoms with van der Waals surface area (Å²) >= 11 is 0. The van der Waals surface area contributed by atoms with Gasteiger partial charge in [-0.05, 0) is 32.3 Å². The van der Waals surface area contributed by atoms with Crippen molar-refractivity contribution in [2.75, 3.05) is 18.1 Å². The Hall–Kier alpha value is -1.16. The molecule has 0 radical (unpaired) electrons. The molecule has 0 bridgehead atoms. The van der Waals surface area contributed by atoms with E-state index in [2.05, 4.69) is 14.9 Å². The number of aliphatic hydroxyl groups excluding tert-OH is 1. The van der Waals surface area contributed by atoms with Crippen molar-refractivity contribution in [1.29, 1.82) is 0 Å². The van der Waals surface area contributed by atoms with E-state index in [4.69, 9.17) is 0 Å². The van der Waals surface area contributed by atoms with Gasteiger partial charge in [-0.3, -0.25) is 0 Å². The molecule has 0 spiro atoms. The van der Waals surface area contributed by atoms with Crippen LogP contribution in [0.3, 0.4) is 0 Å². The van der Waals surface area contributed by atoms with Crippen molar-refractivity contribution in [1.82, 2.24) is 9.97 Å². The highest BCUT2D eigenvalue weighted by Gasteiger charge is 2.22. The highest BCUT2D eigenvalue weighted by atomic mass is 16.3. The van der Waals surface area contributed by atoms with E-state index >= 15 is 0 Å². The fraction of sp³-hybridized carbons (Fsp3) is 0.636. The standard InChI is InChI=1S/C11H17N3O/c1-9-12-6-5-11(13-9)14-7-3-2-4-10(14)8-15/h5-6,10,15H,2-4,7-8H2,1H3. The Morgan fingerprint density at radius 1 is 1.53 bits per heavy atom. The van der Waals surface area contributed by atoms with Crippen molar-refractivity contribution in [3.8, 4) is 0 Å². The minimum absolute atomic E-state index is 0.211. The molecular formula is C11H17N3O. The quantitative estimate of drug-likeness (QED) is 0.790. The number of nitrogens with zero attached hydrogens (tertiary/aromatic N) is 3. The first-order valence-electron chi connectivity index (χ1n) is 5.48. The minimum Gasteiger partial charge on any atom is -0.394 e. The molecule has 15 heavy (non-hydrogen) atoms. The fourth-order valence-corrected chi connectivity index (χ4v) is 2.10. The van der Waals surface area contributed by atoms with Crippen molar-refractivity contribution in [3.63, 3.8) is 0 Å². The van der Waals surface area contributed by atoms with E-state index in [0.717, 1.165) is 24.6 Å². The summed E-state index contributed by atoms with van der Waals surface area (Å²) in [6, 6.07) is 2.15. The third-order valence-corrected chi connectivity index (χ3v) is 2.89. The van der Waals surface area contributed by atoms with Crippen molar-refractivity contribution >= 4 is 5.82 Å². The predicted molar refractivity (Wildman–Crippen MR) is 58.8 cm³/mol. The van der Waals surface area contributed by atoms with E-state index in [9.17, 15) is 5.11 Å². The summed E-state index contributed by atoms with van der Waals surface area (Å²) < 4.78 is 0. The summed E-state index contributed by atoms with van der Waals surface area (Å²) in [7, 11) is 0. The predicted octanol–water partition coefficient (Wildman–Crippen LogP) is 1.14. The molecule has 1 aliphatic rings. The van der Waals surface area contributed by atoms with Crippen LogP contribution in [0.25, 0.3) is 0 Å². The maximum Gasteiger partial charge on any atom is 0.132 e. The Labute approximate surface area is 90.0 Å². The maximum atomic E-state index is 9.31. The second-order valence-corrected chi connectivity index (χ2v) is 3.99. The van der Waals surface area contributed by atoms with Gasteiger partial charge in [-0.25, -0.2) is 9.97 Å². The topological polar surface area (TPSA) is 49.2 Å². The molecule has 1 N–H and O–H groups in total. The molecule has 0 aliphatic carbocycles. The lowest BCUT2D eigenvalue weighted by Gasteiger charge is -2.35. The Bertz CT molecular complexity index is 329. The number of aryl methyl sites for hydroxylation is 1. The molecular weight excluding hydrogens is 190 g/mol. The van der Waals surface area contributed by atoms with Crippen molar-refractivity contribution in [2.24, 2.45) is 0 Å². The van der Waals surface area contributed by atoms with Crippen LogP contribution in [0.4, 0.5) is 5.82 Å². The number of aliphatic hydroxyl groups is 1. The molecule has 1 aromatic rings. The average molecular weight is 207 g/mol. The van der Waals surface area contributed by atoms with Crippen LogP contribution in [0.5, 0.6) is 0 Å². The van der Waals surface area contributed by atoms with E-state index < -0.39 is 0 Å². The van der Waals surface area contributed by atoms with Crippen LogP contribution in [-0.4, -0.2) is 34.3 Å². The molecule has 0 aromatic carbocycles. The first-order chi connectivity index (χ1) is 7.31. The summed E-state index contributed by atoms with van der Waals surface area (Å²) in [5.41, 5.74) is 0. The lowest BCUT2D eigenvalue weighted by atomic mass is 10.0. The maximum absolute atomic E-state index is 9.31. The fourth-order valence-electron chi connectivity index (χ4n) is 2.10. The molecule has 4 nitrogen and oxygen atoms in total. The second-order valence-electron chi connectivity index (χ2n) is 3.99. The normalized spacial score (nSPS) is 21.7. The molecule has 1 aliphatic heterocycles. The third-order valence-electron chi connectivity index (χ3n) is 2.89. The molecule has 2 heterocycles. The van der Waals surface area contributed by atoms with Gasteiger partial charge in [0.25, 0.3) is 0 Å². The summed E-state index contributed by atoms with van der Waals surface area (Å²) in [5.74, 6) is 1.73. The van der Waals surface area contributed by atoms with Gasteiger partial charge in [-0.1, -0.05) is 0 Å². The molecule has 1 atom stereocenters. The Morgan fingerprint density at radius 3 is 3.13 bits per heavy atom. The number of aromatic nitrogens is 2. The lowest BCUT2D eigenvalue weighted by molar-refractivity contribution is 0.239. The zero-order valence-electron chi connectivity index (χ0n) is 9.06. The van der Waals surface area contributed by atoms with E-state index in [1.165, 1.54) is 12.8 Å². The van der Waals surface area contributed by atoms with Crippen LogP contribution in [0, 0.1) is 6.92 Å². The average Bonchev–Trinajstić information content (AvgIpc) is 2.29. The summed E-state index contributed by atoms with van der Waals surface area (Å²) in [6.07, 6.45) is 5.21. The van der Waals surface area contributed by atoms with Crippen LogP contribution in [0.15, 0.2) is 12.3 Å². The lowest BCUT2D eigenvalue weighted by Crippen LogP contribution is -2.42. The van der Waals surface area contributed by atoms with Crippen LogP contribution in [-0.2, 0) is 0 Å². The number of hydrogen-bond acceptors (Lipinski definition) is 4. The zero-order valence-corrected chi connectivity index (χ0v) is 9.06. The van der Waals surface area contributed by atoms with Crippen LogP contribution < -0.4 is 4.90 Å². The molecule has 1 unspecified atom stereocenters. The molecule has 1 saturated heterocycles. The molecule has 0 amide bonds. The highest BCUT2D eigenvalue weighted by molar-refractivity contribution is 5.39. The van der Waals surface area contributed by atoms with Crippen LogP contribution >= 0.6 is 0 Å². The molecule has 2 rings (SSSR count). The van der Waals surface area contributed by atoms with E-state index in [0.29, 0.717) is 0 Å². The molecule has 0 saturated carbocycles. The van der Waals surface area contributed by atoms with Crippen molar-refractivity contribution < 1.29 is 5.11 Å². The third kappa shape index (κ3) is 2.26. The number of rotatable bonds is 2. The van der Waals surface area contributed by atoms with Gasteiger partial charge >= 0.3 is 0 Å². The zero-order chi connectivity index (χ0) is 10.7. The molecule has 82 valence electrons. The van der Waals surface area contributed by atoms with Gasteiger partial charge < -0.3 is 10.0 Å². The van der Waals surface area contributed by atoms with Gasteiger partial charge in [-0.15, -0.1) is 0 Å². The van der Waals surface area contributed by atoms with Gasteiger partial charge in [0.15, 0.2) is 0 Å². The van der Waals surface area contributed by atoms with Gasteiger partial charge in [0, 0.05) is 12.7 Å². The number of anilines is 1. The monoisotopic (exact) mass is 207 g/mol. The largest absolute Gasteiger partial charge is 0.394 e. The van der Waals surface area contributed by atoms with E-state index in [1.54, 1.807) is 6.20 Å². The smallest absolute Gasteiger partial charge is 0.132 e. The van der Waals surface area contributed by atoms with Gasteiger partial charge in [-0.2, -0.15) is 0 Å². The van der Waals surface area contributed by atoms with Gasteiger partial charge in [0.2, 0.25) is 0 Å². The molecule has 4 heteroatoms. The molecule has 1 aromatic heterocycles. The SMILES string of the molecule is Cc1nccc(N2CCCCC2CO)n1. The molecule has 1 fully saturated rings. The van der Waals surface area contributed by atoms with Crippen LogP contribution in [0.1, 0.15) is 25.1 Å². The summed E-state index contributed by atoms with van der Waals surface area (Å²) in [5, 5.41) is 9.31. The summed E-state index contributed by atoms with van der Waals surface area (Å²) in [6.45, 7) is 3.09. The minimum atomic E-state index is 0.211. The number of piperidine rings is 1. The van der Waals surface area contributed by atoms with Crippen molar-refractivity contribution in [3.05, 3.63) is 18.1 Å². The van der Waals surface area contributed by atoms with Crippen LogP contribution in [0.2, 0.25) is 0 Å². The van der Waals surface area contributed by atoms with Gasteiger partial charge in [0.05, 0.1) is 12.6 Å². The summed E-state index contributed by atoms with van der Waals surface area (Å²) in [4.78, 5) is 10.7. The van der Waals surface area contributed by atoms with E-state index in [-0.39, 0.29) is 12.6 Å². The van der Waals surface area contributed by atoms with Gasteiger partial charge in [0.1, 0.15) is 11.6 Å². The van der Waals surface area contributed by atoms with Crippen molar-refractivity contribution in [2.45, 2.75) is 32.2 Å². The Morgan fingerprint density at radius 2 is 2.40 bits per heavy atom. The highest BCUT2D eigenvalue weighted by Crippen LogP contribution is 2.22. The second kappa shape index (κ2) is 4.57. The Balaban J connectivity index is 2.20.